The van der Waals surface area contributed by atoms with Gasteiger partial charge in [-0.05, 0) is 24.0 Å². The van der Waals surface area contributed by atoms with Crippen molar-refractivity contribution >= 4 is 17.5 Å². The molecule has 1 amide bonds. The van der Waals surface area contributed by atoms with Crippen LogP contribution in [0.5, 0.6) is 11.5 Å². The lowest BCUT2D eigenvalue weighted by Crippen LogP contribution is -2.44. The first-order valence-corrected chi connectivity index (χ1v) is 7.46. The molecule has 0 saturated heterocycles. The van der Waals surface area contributed by atoms with Crippen molar-refractivity contribution < 1.29 is 14.3 Å². The maximum atomic E-state index is 12.5. The van der Waals surface area contributed by atoms with E-state index in [0.29, 0.717) is 29.4 Å². The molecule has 5 heteroatoms. The smallest absolute Gasteiger partial charge is 0.255 e. The summed E-state index contributed by atoms with van der Waals surface area (Å²) in [4.78, 5) is 12.5. The minimum Gasteiger partial charge on any atom is -0.493 e. The number of methoxy groups -OCH3 is 2. The Kier molecular flexibility index (Phi) is 6.34. The number of rotatable bonds is 6. The van der Waals surface area contributed by atoms with Gasteiger partial charge in [0.25, 0.3) is 5.91 Å². The molecule has 0 aliphatic rings. The number of halogens is 1. The number of hydrogen-bond donors (Lipinski definition) is 1. The first-order chi connectivity index (χ1) is 9.85. The molecule has 0 heterocycles. The van der Waals surface area contributed by atoms with E-state index in [9.17, 15) is 4.79 Å². The quantitative estimate of drug-likeness (QED) is 0.818. The van der Waals surface area contributed by atoms with Gasteiger partial charge in [-0.25, -0.2) is 0 Å². The second-order valence-corrected chi connectivity index (χ2v) is 6.29. The van der Waals surface area contributed by atoms with Gasteiger partial charge in [0.1, 0.15) is 0 Å². The van der Waals surface area contributed by atoms with Crippen LogP contribution in [0.2, 0.25) is 0 Å². The van der Waals surface area contributed by atoms with Crippen LogP contribution in [0, 0.1) is 5.41 Å². The van der Waals surface area contributed by atoms with E-state index in [-0.39, 0.29) is 17.4 Å². The Morgan fingerprint density at radius 3 is 2.43 bits per heavy atom. The van der Waals surface area contributed by atoms with Gasteiger partial charge in [-0.1, -0.05) is 26.8 Å². The highest BCUT2D eigenvalue weighted by atomic mass is 35.5. The standard InChI is InChI=1S/C16H24ClNO3/c1-16(2,3)13(9-10-17)18-15(19)11-7-6-8-12(20-4)14(11)21-5/h6-8,13H,9-10H2,1-5H3,(H,18,19). The van der Waals surface area contributed by atoms with E-state index >= 15 is 0 Å². The molecule has 0 aliphatic heterocycles. The molecule has 0 fully saturated rings. The van der Waals surface area contributed by atoms with Gasteiger partial charge in [0.05, 0.1) is 19.8 Å². The second kappa shape index (κ2) is 7.55. The Balaban J connectivity index is 3.03. The average molecular weight is 314 g/mol. The zero-order valence-electron chi connectivity index (χ0n) is 13.3. The second-order valence-electron chi connectivity index (χ2n) is 5.91. The van der Waals surface area contributed by atoms with Crippen molar-refractivity contribution in [2.24, 2.45) is 5.41 Å². The summed E-state index contributed by atoms with van der Waals surface area (Å²) in [5.74, 6) is 1.29. The van der Waals surface area contributed by atoms with E-state index in [1.54, 1.807) is 25.3 Å². The first kappa shape index (κ1) is 17.6. The maximum Gasteiger partial charge on any atom is 0.255 e. The molecule has 0 bridgehead atoms. The van der Waals surface area contributed by atoms with Gasteiger partial charge in [0.15, 0.2) is 11.5 Å². The molecule has 1 N–H and O–H groups in total. The Labute approximate surface area is 131 Å². The van der Waals surface area contributed by atoms with Crippen molar-refractivity contribution in [2.45, 2.75) is 33.2 Å². The molecule has 21 heavy (non-hydrogen) atoms. The Morgan fingerprint density at radius 2 is 1.95 bits per heavy atom. The summed E-state index contributed by atoms with van der Waals surface area (Å²) in [5.41, 5.74) is 0.386. The van der Waals surface area contributed by atoms with E-state index in [1.807, 2.05) is 0 Å². The van der Waals surface area contributed by atoms with Gasteiger partial charge in [0.2, 0.25) is 0 Å². The largest absolute Gasteiger partial charge is 0.493 e. The van der Waals surface area contributed by atoms with E-state index in [1.165, 1.54) is 7.11 Å². The van der Waals surface area contributed by atoms with Gasteiger partial charge >= 0.3 is 0 Å². The van der Waals surface area contributed by atoms with Crippen LogP contribution in [0.4, 0.5) is 0 Å². The van der Waals surface area contributed by atoms with Crippen LogP contribution in [-0.4, -0.2) is 32.0 Å². The van der Waals surface area contributed by atoms with E-state index in [2.05, 4.69) is 26.1 Å². The van der Waals surface area contributed by atoms with Crippen molar-refractivity contribution in [1.29, 1.82) is 0 Å². The highest BCUT2D eigenvalue weighted by molar-refractivity contribution is 6.17. The monoisotopic (exact) mass is 313 g/mol. The molecule has 1 aromatic rings. The fourth-order valence-electron chi connectivity index (χ4n) is 2.13. The lowest BCUT2D eigenvalue weighted by atomic mass is 9.85. The van der Waals surface area contributed by atoms with Crippen LogP contribution < -0.4 is 14.8 Å². The van der Waals surface area contributed by atoms with Crippen LogP contribution in [-0.2, 0) is 0 Å². The van der Waals surface area contributed by atoms with Crippen LogP contribution in [0.25, 0.3) is 0 Å². The van der Waals surface area contributed by atoms with Crippen LogP contribution in [0.1, 0.15) is 37.6 Å². The van der Waals surface area contributed by atoms with Gasteiger partial charge in [0, 0.05) is 11.9 Å². The summed E-state index contributed by atoms with van der Waals surface area (Å²) >= 11 is 5.84. The van der Waals surface area contributed by atoms with Crippen molar-refractivity contribution in [3.8, 4) is 11.5 Å². The minimum absolute atomic E-state index is 0.0154. The fourth-order valence-corrected chi connectivity index (χ4v) is 2.35. The summed E-state index contributed by atoms with van der Waals surface area (Å²) in [6.45, 7) is 6.23. The number of amides is 1. The lowest BCUT2D eigenvalue weighted by Gasteiger charge is -2.31. The summed E-state index contributed by atoms with van der Waals surface area (Å²) < 4.78 is 10.5. The molecule has 1 aromatic carbocycles. The van der Waals surface area contributed by atoms with E-state index in [4.69, 9.17) is 21.1 Å². The number of carbonyl (C=O) groups excluding carboxylic acids is 1. The number of alkyl halides is 1. The molecule has 0 saturated carbocycles. The molecule has 0 radical (unpaired) electrons. The number of hydrogen-bond acceptors (Lipinski definition) is 3. The van der Waals surface area contributed by atoms with Crippen molar-refractivity contribution in [1.82, 2.24) is 5.32 Å². The predicted molar refractivity (Wildman–Crippen MR) is 85.6 cm³/mol. The van der Waals surface area contributed by atoms with Gasteiger partial charge < -0.3 is 14.8 Å². The number of para-hydroxylation sites is 1. The third kappa shape index (κ3) is 4.53. The number of carbonyl (C=O) groups is 1. The average Bonchev–Trinajstić information content (AvgIpc) is 2.44. The number of benzene rings is 1. The summed E-state index contributed by atoms with van der Waals surface area (Å²) in [7, 11) is 3.07. The third-order valence-electron chi connectivity index (χ3n) is 3.40. The van der Waals surface area contributed by atoms with Gasteiger partial charge in [-0.2, -0.15) is 0 Å². The summed E-state index contributed by atoms with van der Waals surface area (Å²) in [6.07, 6.45) is 0.711. The maximum absolute atomic E-state index is 12.5. The molecule has 4 nitrogen and oxygen atoms in total. The highest BCUT2D eigenvalue weighted by Gasteiger charge is 2.27. The van der Waals surface area contributed by atoms with Crippen LogP contribution in [0.3, 0.4) is 0 Å². The predicted octanol–water partition coefficient (Wildman–Crippen LogP) is 3.48. The normalized spacial score (nSPS) is 12.7. The Morgan fingerprint density at radius 1 is 1.29 bits per heavy atom. The zero-order valence-corrected chi connectivity index (χ0v) is 14.1. The summed E-state index contributed by atoms with van der Waals surface area (Å²) in [6, 6.07) is 5.23. The minimum atomic E-state index is -0.184. The van der Waals surface area contributed by atoms with E-state index in [0.717, 1.165) is 0 Å². The summed E-state index contributed by atoms with van der Waals surface area (Å²) in [5, 5.41) is 3.04. The SMILES string of the molecule is COc1cccc(C(=O)NC(CCCl)C(C)(C)C)c1OC. The number of nitrogens with one attached hydrogen (secondary N) is 1. The Hall–Kier alpha value is -1.42. The van der Waals surface area contributed by atoms with Crippen LogP contribution >= 0.6 is 11.6 Å². The lowest BCUT2D eigenvalue weighted by molar-refractivity contribution is 0.0896. The van der Waals surface area contributed by atoms with Gasteiger partial charge in [-0.15, -0.1) is 11.6 Å². The molecule has 0 aromatic heterocycles. The van der Waals surface area contributed by atoms with Crippen LogP contribution in [0.15, 0.2) is 18.2 Å². The molecule has 118 valence electrons. The third-order valence-corrected chi connectivity index (χ3v) is 3.61. The Bertz CT molecular complexity index is 483. The molecule has 1 unspecified atom stereocenters. The molecular weight excluding hydrogens is 290 g/mol. The highest BCUT2D eigenvalue weighted by Crippen LogP contribution is 2.31. The van der Waals surface area contributed by atoms with Crippen molar-refractivity contribution in [3.05, 3.63) is 23.8 Å². The topological polar surface area (TPSA) is 47.6 Å². The van der Waals surface area contributed by atoms with Gasteiger partial charge in [-0.3, -0.25) is 4.79 Å². The fraction of sp³-hybridized carbons (Fsp3) is 0.562. The molecule has 1 rings (SSSR count). The first-order valence-electron chi connectivity index (χ1n) is 6.93. The van der Waals surface area contributed by atoms with E-state index < -0.39 is 0 Å². The molecule has 0 spiro atoms. The zero-order chi connectivity index (χ0) is 16.0. The number of ether oxygens (including phenoxy) is 2. The molecule has 1 atom stereocenters. The molecule has 0 aliphatic carbocycles. The van der Waals surface area contributed by atoms with Crippen molar-refractivity contribution in [2.75, 3.05) is 20.1 Å². The van der Waals surface area contributed by atoms with Crippen molar-refractivity contribution in [3.63, 3.8) is 0 Å². The molecular formula is C16H24ClNO3.